The average molecular weight is 352 g/mol. The predicted molar refractivity (Wildman–Crippen MR) is 60.9 cm³/mol. The molecule has 0 heterocycles. The van der Waals surface area contributed by atoms with E-state index in [-0.39, 0.29) is 0 Å². The van der Waals surface area contributed by atoms with E-state index >= 15 is 0 Å². The minimum atomic E-state index is -6.44. The number of aliphatic carboxylic acids is 1. The maximum Gasteiger partial charge on any atom is 0.379 e. The minimum absolute atomic E-state index is 0.439. The SMILES string of the molecule is CC(F)(F)C(F)(F)C(F)(F)C(F)(F)C12C=CC(CC1C(=O)O)C2. The second kappa shape index (κ2) is 4.60. The Bertz CT molecular complexity index is 551. The molecule has 0 aromatic heterocycles. The fraction of sp³-hybridized carbons (Fsp3) is 0.769. The molecule has 132 valence electrons. The molecule has 3 unspecified atom stereocenters. The number of carbonyl (C=O) groups is 1. The van der Waals surface area contributed by atoms with Gasteiger partial charge in [-0.05, 0) is 18.8 Å². The van der Waals surface area contributed by atoms with Gasteiger partial charge in [0.15, 0.2) is 0 Å². The van der Waals surface area contributed by atoms with Crippen LogP contribution in [0.3, 0.4) is 0 Å². The molecule has 0 aromatic rings. The Hall–Kier alpha value is -1.35. The van der Waals surface area contributed by atoms with Gasteiger partial charge in [0.25, 0.3) is 0 Å². The Balaban J connectivity index is 2.57. The lowest BCUT2D eigenvalue weighted by Gasteiger charge is -2.44. The molecule has 2 aliphatic carbocycles. The Kier molecular flexibility index (Phi) is 3.60. The standard InChI is InChI=1S/C13H12F8O2/c1-9(14,15)11(16,17)13(20,21)12(18,19)10-3-2-6(5-10)4-7(10)8(22)23/h2-3,6-7H,4-5H2,1H3,(H,22,23). The highest BCUT2D eigenvalue weighted by Crippen LogP contribution is 2.67. The molecular formula is C13H12F8O2. The first-order valence-corrected chi connectivity index (χ1v) is 6.55. The number of halogens is 8. The highest BCUT2D eigenvalue weighted by Gasteiger charge is 2.85. The summed E-state index contributed by atoms with van der Waals surface area (Å²) in [6.45, 7) is -0.592. The highest BCUT2D eigenvalue weighted by molar-refractivity contribution is 5.73. The number of hydrogen-bond acceptors (Lipinski definition) is 1. The summed E-state index contributed by atoms with van der Waals surface area (Å²) < 4.78 is 109. The molecule has 23 heavy (non-hydrogen) atoms. The first kappa shape index (κ1) is 18.0. The third-order valence-corrected chi connectivity index (χ3v) is 4.65. The molecule has 0 amide bonds. The topological polar surface area (TPSA) is 37.3 Å². The van der Waals surface area contributed by atoms with E-state index in [1.165, 1.54) is 0 Å². The number of allylic oxidation sites excluding steroid dienone is 2. The zero-order chi connectivity index (χ0) is 18.1. The number of carboxylic acids is 1. The van der Waals surface area contributed by atoms with E-state index in [4.69, 9.17) is 5.11 Å². The minimum Gasteiger partial charge on any atom is -0.481 e. The van der Waals surface area contributed by atoms with Gasteiger partial charge in [0.05, 0.1) is 11.3 Å². The molecular weight excluding hydrogens is 340 g/mol. The van der Waals surface area contributed by atoms with Gasteiger partial charge in [0.2, 0.25) is 0 Å². The van der Waals surface area contributed by atoms with E-state index < -0.39 is 66.7 Å². The van der Waals surface area contributed by atoms with Crippen LogP contribution in [-0.4, -0.2) is 34.8 Å². The summed E-state index contributed by atoms with van der Waals surface area (Å²) >= 11 is 0. The van der Waals surface area contributed by atoms with Crippen LogP contribution >= 0.6 is 0 Å². The van der Waals surface area contributed by atoms with Crippen molar-refractivity contribution in [3.8, 4) is 0 Å². The number of alkyl halides is 8. The number of carboxylic acid groups (broad SMARTS) is 1. The molecule has 1 N–H and O–H groups in total. The molecule has 0 spiro atoms. The summed E-state index contributed by atoms with van der Waals surface area (Å²) in [7, 11) is 0. The molecule has 2 aliphatic rings. The maximum atomic E-state index is 14.3. The maximum absolute atomic E-state index is 14.3. The molecule has 10 heteroatoms. The van der Waals surface area contributed by atoms with Crippen LogP contribution in [0.1, 0.15) is 19.8 Å². The molecule has 0 saturated heterocycles. The molecule has 2 nitrogen and oxygen atoms in total. The number of fused-ring (bicyclic) bond motifs is 2. The van der Waals surface area contributed by atoms with Crippen LogP contribution in [0, 0.1) is 17.3 Å². The van der Waals surface area contributed by atoms with Crippen LogP contribution in [0.5, 0.6) is 0 Å². The normalized spacial score (nSPS) is 31.7. The summed E-state index contributed by atoms with van der Waals surface area (Å²) in [4.78, 5) is 11.1. The summed E-state index contributed by atoms with van der Waals surface area (Å²) in [6.07, 6.45) is 0.243. The van der Waals surface area contributed by atoms with Gasteiger partial charge >= 0.3 is 29.7 Å². The van der Waals surface area contributed by atoms with E-state index in [0.29, 0.717) is 6.08 Å². The van der Waals surface area contributed by atoms with Gasteiger partial charge in [-0.3, -0.25) is 4.79 Å². The van der Waals surface area contributed by atoms with Crippen molar-refractivity contribution in [3.05, 3.63) is 12.2 Å². The van der Waals surface area contributed by atoms with Crippen molar-refractivity contribution in [3.63, 3.8) is 0 Å². The fourth-order valence-corrected chi connectivity index (χ4v) is 3.35. The van der Waals surface area contributed by atoms with Gasteiger partial charge in [-0.1, -0.05) is 12.2 Å². The summed E-state index contributed by atoms with van der Waals surface area (Å²) in [5.41, 5.74) is -3.12. The van der Waals surface area contributed by atoms with Gasteiger partial charge in [-0.15, -0.1) is 0 Å². The lowest BCUT2D eigenvalue weighted by Crippen LogP contribution is -2.67. The van der Waals surface area contributed by atoms with Crippen LogP contribution in [0.2, 0.25) is 0 Å². The molecule has 0 radical (unpaired) electrons. The number of hydrogen-bond donors (Lipinski definition) is 1. The molecule has 0 aromatic carbocycles. The van der Waals surface area contributed by atoms with Gasteiger partial charge in [0, 0.05) is 6.92 Å². The third kappa shape index (κ3) is 2.02. The van der Waals surface area contributed by atoms with Crippen LogP contribution in [0.25, 0.3) is 0 Å². The quantitative estimate of drug-likeness (QED) is 0.594. The van der Waals surface area contributed by atoms with Gasteiger partial charge in [0.1, 0.15) is 0 Å². The first-order valence-electron chi connectivity index (χ1n) is 6.55. The largest absolute Gasteiger partial charge is 0.481 e. The van der Waals surface area contributed by atoms with Crippen molar-refractivity contribution in [2.75, 3.05) is 0 Å². The first-order chi connectivity index (χ1) is 10.1. The Morgan fingerprint density at radius 1 is 1.09 bits per heavy atom. The van der Waals surface area contributed by atoms with E-state index in [9.17, 15) is 39.9 Å². The van der Waals surface area contributed by atoms with E-state index in [2.05, 4.69) is 0 Å². The summed E-state index contributed by atoms with van der Waals surface area (Å²) in [6, 6.07) is 0. The Morgan fingerprint density at radius 2 is 1.61 bits per heavy atom. The van der Waals surface area contributed by atoms with Crippen molar-refractivity contribution in [2.45, 2.75) is 43.5 Å². The van der Waals surface area contributed by atoms with Gasteiger partial charge in [-0.25, -0.2) is 0 Å². The van der Waals surface area contributed by atoms with E-state index in [0.717, 1.165) is 6.08 Å². The molecule has 1 saturated carbocycles. The second-order valence-corrected chi connectivity index (χ2v) is 6.10. The van der Waals surface area contributed by atoms with Crippen LogP contribution < -0.4 is 0 Å². The average Bonchev–Trinajstić information content (AvgIpc) is 2.96. The third-order valence-electron chi connectivity index (χ3n) is 4.65. The monoisotopic (exact) mass is 352 g/mol. The molecule has 2 rings (SSSR count). The van der Waals surface area contributed by atoms with Crippen molar-refractivity contribution in [2.24, 2.45) is 17.3 Å². The Labute approximate surface area is 125 Å². The van der Waals surface area contributed by atoms with Crippen molar-refractivity contribution in [1.82, 2.24) is 0 Å². The number of rotatable bonds is 5. The second-order valence-electron chi connectivity index (χ2n) is 6.10. The molecule has 3 atom stereocenters. The van der Waals surface area contributed by atoms with Gasteiger partial charge in [-0.2, -0.15) is 35.1 Å². The molecule has 2 bridgehead atoms. The summed E-state index contributed by atoms with van der Waals surface area (Å²) in [5, 5.41) is 8.94. The summed E-state index contributed by atoms with van der Waals surface area (Å²) in [5.74, 6) is -28.6. The van der Waals surface area contributed by atoms with Crippen molar-refractivity contribution in [1.29, 1.82) is 0 Å². The van der Waals surface area contributed by atoms with Crippen LogP contribution in [0.4, 0.5) is 35.1 Å². The van der Waals surface area contributed by atoms with E-state index in [1.807, 2.05) is 0 Å². The zero-order valence-electron chi connectivity index (χ0n) is 11.6. The van der Waals surface area contributed by atoms with Crippen molar-refractivity contribution >= 4 is 5.97 Å². The molecule has 1 fully saturated rings. The van der Waals surface area contributed by atoms with Gasteiger partial charge < -0.3 is 5.11 Å². The Morgan fingerprint density at radius 3 is 2.00 bits per heavy atom. The van der Waals surface area contributed by atoms with E-state index in [1.54, 1.807) is 0 Å². The van der Waals surface area contributed by atoms with Crippen LogP contribution in [-0.2, 0) is 4.79 Å². The fourth-order valence-electron chi connectivity index (χ4n) is 3.35. The lowest BCUT2D eigenvalue weighted by molar-refractivity contribution is -0.381. The molecule has 0 aliphatic heterocycles. The smallest absolute Gasteiger partial charge is 0.379 e. The zero-order valence-corrected chi connectivity index (χ0v) is 11.6. The predicted octanol–water partition coefficient (Wildman–Crippen LogP) is 4.21. The van der Waals surface area contributed by atoms with Crippen molar-refractivity contribution < 1.29 is 45.0 Å². The lowest BCUT2D eigenvalue weighted by atomic mass is 9.69. The van der Waals surface area contributed by atoms with Crippen LogP contribution in [0.15, 0.2) is 12.2 Å². The highest BCUT2D eigenvalue weighted by atomic mass is 19.4.